The van der Waals surface area contributed by atoms with Crippen LogP contribution in [0.5, 0.6) is 0 Å². The van der Waals surface area contributed by atoms with Crippen LogP contribution in [0, 0.1) is 0 Å². The largest absolute Gasteiger partial charge is 0.307 e. The Morgan fingerprint density at radius 2 is 2.17 bits per heavy atom. The van der Waals surface area contributed by atoms with Gasteiger partial charge in [0.15, 0.2) is 0 Å². The van der Waals surface area contributed by atoms with Gasteiger partial charge in [-0.25, -0.2) is 9.97 Å². The average Bonchev–Trinajstić information content (AvgIpc) is 2.85. The summed E-state index contributed by atoms with van der Waals surface area (Å²) in [6.45, 7) is 1.73. The highest BCUT2D eigenvalue weighted by Gasteiger charge is 2.12. The molecule has 3 rings (SSSR count). The number of fused-ring (bicyclic) bond motifs is 1. The van der Waals surface area contributed by atoms with Gasteiger partial charge in [0, 0.05) is 29.7 Å². The molecule has 0 fully saturated rings. The molecule has 2 aromatic rings. The number of nitrogens with zero attached hydrogens (tertiary/aromatic N) is 2. The molecule has 3 nitrogen and oxygen atoms in total. The molecule has 0 unspecified atom stereocenters. The van der Waals surface area contributed by atoms with Crippen LogP contribution in [0.4, 0.5) is 0 Å². The van der Waals surface area contributed by atoms with E-state index in [1.807, 2.05) is 30.5 Å². The molecule has 0 aliphatic carbocycles. The maximum Gasteiger partial charge on any atom is 0.138 e. The van der Waals surface area contributed by atoms with E-state index in [0.717, 1.165) is 40.3 Å². The SMILES string of the molecule is Clc1ccccc1SCc1ncc2c(n1)CNC2. The molecule has 0 atom stereocenters. The highest BCUT2D eigenvalue weighted by atomic mass is 35.5. The minimum atomic E-state index is 0.747. The predicted molar refractivity (Wildman–Crippen MR) is 73.6 cm³/mol. The predicted octanol–water partition coefficient (Wildman–Crippen LogP) is 3.03. The zero-order chi connectivity index (χ0) is 12.4. The lowest BCUT2D eigenvalue weighted by Crippen LogP contribution is -2.01. The van der Waals surface area contributed by atoms with Gasteiger partial charge in [-0.3, -0.25) is 0 Å². The Labute approximate surface area is 115 Å². The molecular weight excluding hydrogens is 266 g/mol. The molecule has 1 aromatic heterocycles. The van der Waals surface area contributed by atoms with Crippen LogP contribution in [0.2, 0.25) is 5.02 Å². The fraction of sp³-hybridized carbons (Fsp3) is 0.231. The molecular formula is C13H12ClN3S. The third-order valence-corrected chi connectivity index (χ3v) is 4.32. The van der Waals surface area contributed by atoms with Gasteiger partial charge >= 0.3 is 0 Å². The number of thioether (sulfide) groups is 1. The fourth-order valence-corrected chi connectivity index (χ4v) is 2.98. The second-order valence-electron chi connectivity index (χ2n) is 4.08. The first-order valence-electron chi connectivity index (χ1n) is 5.74. The monoisotopic (exact) mass is 277 g/mol. The molecule has 1 aromatic carbocycles. The molecule has 18 heavy (non-hydrogen) atoms. The molecule has 0 spiro atoms. The van der Waals surface area contributed by atoms with Gasteiger partial charge in [-0.15, -0.1) is 11.8 Å². The van der Waals surface area contributed by atoms with E-state index < -0.39 is 0 Å². The van der Waals surface area contributed by atoms with Crippen LogP contribution in [0.1, 0.15) is 17.1 Å². The van der Waals surface area contributed by atoms with Gasteiger partial charge in [0.1, 0.15) is 5.82 Å². The molecule has 0 bridgehead atoms. The second kappa shape index (κ2) is 5.26. The zero-order valence-corrected chi connectivity index (χ0v) is 11.3. The van der Waals surface area contributed by atoms with E-state index >= 15 is 0 Å². The Morgan fingerprint density at radius 1 is 1.28 bits per heavy atom. The summed E-state index contributed by atoms with van der Waals surface area (Å²) in [5.41, 5.74) is 2.33. The van der Waals surface area contributed by atoms with Gasteiger partial charge in [0.2, 0.25) is 0 Å². The summed E-state index contributed by atoms with van der Waals surface area (Å²) >= 11 is 7.78. The lowest BCUT2D eigenvalue weighted by molar-refractivity contribution is 0.756. The third kappa shape index (κ3) is 2.51. The van der Waals surface area contributed by atoms with Crippen molar-refractivity contribution in [3.63, 3.8) is 0 Å². The van der Waals surface area contributed by atoms with Crippen molar-refractivity contribution in [1.82, 2.24) is 15.3 Å². The zero-order valence-electron chi connectivity index (χ0n) is 9.69. The Morgan fingerprint density at radius 3 is 3.06 bits per heavy atom. The molecule has 1 N–H and O–H groups in total. The summed E-state index contributed by atoms with van der Waals surface area (Å²) in [5, 5.41) is 4.05. The second-order valence-corrected chi connectivity index (χ2v) is 5.51. The third-order valence-electron chi connectivity index (χ3n) is 2.81. The van der Waals surface area contributed by atoms with E-state index in [0.29, 0.717) is 0 Å². The Balaban J connectivity index is 1.72. The summed E-state index contributed by atoms with van der Waals surface area (Å²) in [5.74, 6) is 1.61. The lowest BCUT2D eigenvalue weighted by Gasteiger charge is -2.04. The van der Waals surface area contributed by atoms with Crippen LogP contribution in [-0.2, 0) is 18.8 Å². The summed E-state index contributed by atoms with van der Waals surface area (Å²) in [7, 11) is 0. The average molecular weight is 278 g/mol. The van der Waals surface area contributed by atoms with Crippen LogP contribution in [-0.4, -0.2) is 9.97 Å². The fourth-order valence-electron chi connectivity index (χ4n) is 1.87. The summed E-state index contributed by atoms with van der Waals surface area (Å²) in [4.78, 5) is 10.0. The summed E-state index contributed by atoms with van der Waals surface area (Å²) in [6, 6.07) is 7.84. The Kier molecular flexibility index (Phi) is 3.50. The van der Waals surface area contributed by atoms with Crippen LogP contribution >= 0.6 is 23.4 Å². The molecule has 1 aliphatic heterocycles. The number of hydrogen-bond acceptors (Lipinski definition) is 4. The first-order chi connectivity index (χ1) is 8.83. The standard InChI is InChI=1S/C13H12ClN3S/c14-10-3-1-2-4-12(10)18-8-13-16-6-9-5-15-7-11(9)17-13/h1-4,6,15H,5,7-8H2. The number of benzene rings is 1. The van der Waals surface area contributed by atoms with E-state index in [4.69, 9.17) is 11.6 Å². The summed E-state index contributed by atoms with van der Waals surface area (Å²) < 4.78 is 0. The van der Waals surface area contributed by atoms with Crippen molar-refractivity contribution in [3.8, 4) is 0 Å². The van der Waals surface area contributed by atoms with Crippen molar-refractivity contribution < 1.29 is 0 Å². The van der Waals surface area contributed by atoms with Gasteiger partial charge in [-0.05, 0) is 12.1 Å². The molecule has 0 saturated carbocycles. The molecule has 1 aliphatic rings. The van der Waals surface area contributed by atoms with E-state index in [9.17, 15) is 0 Å². The molecule has 0 amide bonds. The normalized spacial score (nSPS) is 13.6. The van der Waals surface area contributed by atoms with Crippen LogP contribution < -0.4 is 5.32 Å². The van der Waals surface area contributed by atoms with Crippen molar-refractivity contribution in [1.29, 1.82) is 0 Å². The van der Waals surface area contributed by atoms with Gasteiger partial charge in [0.05, 0.1) is 16.5 Å². The van der Waals surface area contributed by atoms with E-state index in [1.54, 1.807) is 11.8 Å². The number of nitrogens with one attached hydrogen (secondary N) is 1. The van der Waals surface area contributed by atoms with Crippen LogP contribution in [0.3, 0.4) is 0 Å². The first-order valence-corrected chi connectivity index (χ1v) is 7.11. The first kappa shape index (κ1) is 12.0. The topological polar surface area (TPSA) is 37.8 Å². The molecule has 92 valence electrons. The lowest BCUT2D eigenvalue weighted by atomic mass is 10.3. The summed E-state index contributed by atoms with van der Waals surface area (Å²) in [6.07, 6.45) is 1.92. The molecule has 0 saturated heterocycles. The molecule has 2 heterocycles. The highest BCUT2D eigenvalue weighted by molar-refractivity contribution is 7.98. The van der Waals surface area contributed by atoms with Crippen molar-refractivity contribution in [3.05, 3.63) is 52.6 Å². The number of hydrogen-bond donors (Lipinski definition) is 1. The number of rotatable bonds is 3. The Bertz CT molecular complexity index is 574. The quantitative estimate of drug-likeness (QED) is 0.875. The van der Waals surface area contributed by atoms with Crippen molar-refractivity contribution in [2.24, 2.45) is 0 Å². The maximum atomic E-state index is 6.11. The van der Waals surface area contributed by atoms with Gasteiger partial charge < -0.3 is 5.32 Å². The minimum Gasteiger partial charge on any atom is -0.307 e. The van der Waals surface area contributed by atoms with Crippen molar-refractivity contribution in [2.45, 2.75) is 23.7 Å². The number of aromatic nitrogens is 2. The van der Waals surface area contributed by atoms with E-state index in [-0.39, 0.29) is 0 Å². The van der Waals surface area contributed by atoms with Gasteiger partial charge in [-0.1, -0.05) is 23.7 Å². The van der Waals surface area contributed by atoms with E-state index in [2.05, 4.69) is 15.3 Å². The van der Waals surface area contributed by atoms with E-state index in [1.165, 1.54) is 5.56 Å². The van der Waals surface area contributed by atoms with Crippen molar-refractivity contribution in [2.75, 3.05) is 0 Å². The maximum absolute atomic E-state index is 6.11. The Hall–Kier alpha value is -1.10. The number of halogens is 1. The molecule has 0 radical (unpaired) electrons. The van der Waals surface area contributed by atoms with Gasteiger partial charge in [-0.2, -0.15) is 0 Å². The van der Waals surface area contributed by atoms with Gasteiger partial charge in [0.25, 0.3) is 0 Å². The highest BCUT2D eigenvalue weighted by Crippen LogP contribution is 2.28. The van der Waals surface area contributed by atoms with Crippen LogP contribution in [0.25, 0.3) is 0 Å². The molecule has 5 heteroatoms. The van der Waals surface area contributed by atoms with Crippen LogP contribution in [0.15, 0.2) is 35.4 Å². The smallest absolute Gasteiger partial charge is 0.138 e. The van der Waals surface area contributed by atoms with Crippen molar-refractivity contribution >= 4 is 23.4 Å². The minimum absolute atomic E-state index is 0.747.